The number of ether oxygens (including phenoxy) is 4. The van der Waals surface area contributed by atoms with Crippen LogP contribution in [0.1, 0.15) is 16.7 Å². The number of aliphatic hydroxyl groups excluding tert-OH is 1. The molecule has 3 aromatic carbocycles. The molecule has 0 amide bonds. The Hall–Kier alpha value is -2.54. The summed E-state index contributed by atoms with van der Waals surface area (Å²) in [5, 5.41) is 10.5. The first-order valence-electron chi connectivity index (χ1n) is 10.6. The molecule has 0 aliphatic carbocycles. The van der Waals surface area contributed by atoms with Crippen molar-refractivity contribution in [2.24, 2.45) is 0 Å². The van der Waals surface area contributed by atoms with Crippen molar-refractivity contribution in [1.82, 2.24) is 0 Å². The summed E-state index contributed by atoms with van der Waals surface area (Å²) in [6.45, 7) is 1.55. The third-order valence-electron chi connectivity index (χ3n) is 5.25. The van der Waals surface area contributed by atoms with Gasteiger partial charge in [0.05, 0.1) is 26.4 Å². The number of rotatable bonds is 10. The summed E-state index contributed by atoms with van der Waals surface area (Å²) < 4.78 is 23.9. The summed E-state index contributed by atoms with van der Waals surface area (Å²) in [5.74, 6) is 0. The molecule has 1 aliphatic heterocycles. The van der Waals surface area contributed by atoms with Crippen LogP contribution < -0.4 is 0 Å². The zero-order chi connectivity index (χ0) is 21.3. The Kier molecular flexibility index (Phi) is 7.82. The van der Waals surface area contributed by atoms with Gasteiger partial charge >= 0.3 is 0 Å². The van der Waals surface area contributed by atoms with Gasteiger partial charge in [0.1, 0.15) is 18.3 Å². The third-order valence-corrected chi connectivity index (χ3v) is 5.25. The van der Waals surface area contributed by atoms with E-state index in [1.165, 1.54) is 0 Å². The molecule has 1 fully saturated rings. The van der Waals surface area contributed by atoms with Crippen LogP contribution in [0.2, 0.25) is 0 Å². The molecule has 0 bridgehead atoms. The van der Waals surface area contributed by atoms with Crippen LogP contribution >= 0.6 is 0 Å². The quantitative estimate of drug-likeness (QED) is 0.535. The Morgan fingerprint density at radius 2 is 1.06 bits per heavy atom. The molecule has 0 aromatic heterocycles. The maximum Gasteiger partial charge on any atom is 0.184 e. The first kappa shape index (κ1) is 21.7. The van der Waals surface area contributed by atoms with Crippen LogP contribution in [0, 0.1) is 0 Å². The summed E-state index contributed by atoms with van der Waals surface area (Å²) in [5.41, 5.74) is 3.16. The van der Waals surface area contributed by atoms with Gasteiger partial charge in [-0.2, -0.15) is 0 Å². The van der Waals surface area contributed by atoms with Crippen LogP contribution in [0.15, 0.2) is 91.0 Å². The van der Waals surface area contributed by atoms with Gasteiger partial charge in [0, 0.05) is 0 Å². The third kappa shape index (κ3) is 6.23. The zero-order valence-corrected chi connectivity index (χ0v) is 17.4. The zero-order valence-electron chi connectivity index (χ0n) is 17.4. The van der Waals surface area contributed by atoms with E-state index in [1.807, 2.05) is 91.0 Å². The van der Waals surface area contributed by atoms with Crippen LogP contribution in [-0.2, 0) is 38.8 Å². The van der Waals surface area contributed by atoms with Gasteiger partial charge in [0.15, 0.2) is 6.29 Å². The van der Waals surface area contributed by atoms with Gasteiger partial charge in [0.25, 0.3) is 0 Å². The second kappa shape index (κ2) is 11.2. The van der Waals surface area contributed by atoms with Gasteiger partial charge in [-0.05, 0) is 16.7 Å². The Morgan fingerprint density at radius 1 is 0.613 bits per heavy atom. The van der Waals surface area contributed by atoms with Gasteiger partial charge < -0.3 is 24.1 Å². The predicted octanol–water partition coefficient (Wildman–Crippen LogP) is 4.09. The Morgan fingerprint density at radius 3 is 1.58 bits per heavy atom. The van der Waals surface area contributed by atoms with E-state index in [4.69, 9.17) is 18.9 Å². The molecular weight excluding hydrogens is 392 g/mol. The predicted molar refractivity (Wildman–Crippen MR) is 117 cm³/mol. The highest BCUT2D eigenvalue weighted by Crippen LogP contribution is 2.28. The van der Waals surface area contributed by atoms with Gasteiger partial charge in [0.2, 0.25) is 0 Å². The smallest absolute Gasteiger partial charge is 0.184 e. The highest BCUT2D eigenvalue weighted by Gasteiger charge is 2.45. The lowest BCUT2D eigenvalue weighted by atomic mass is 10.1. The lowest BCUT2D eigenvalue weighted by Gasteiger charge is -2.24. The van der Waals surface area contributed by atoms with Crippen molar-refractivity contribution in [2.75, 3.05) is 6.61 Å². The Labute approximate surface area is 183 Å². The van der Waals surface area contributed by atoms with Crippen LogP contribution in [0.3, 0.4) is 0 Å². The minimum absolute atomic E-state index is 0.302. The maximum atomic E-state index is 10.5. The highest BCUT2D eigenvalue weighted by molar-refractivity contribution is 5.15. The fourth-order valence-corrected chi connectivity index (χ4v) is 3.62. The maximum absolute atomic E-state index is 10.5. The summed E-state index contributed by atoms with van der Waals surface area (Å²) in [6.07, 6.45) is -2.55. The molecule has 1 saturated heterocycles. The molecule has 4 rings (SSSR count). The minimum Gasteiger partial charge on any atom is -0.374 e. The number of hydrogen-bond donors (Lipinski definition) is 1. The Bertz CT molecular complexity index is 887. The van der Waals surface area contributed by atoms with Crippen molar-refractivity contribution in [1.29, 1.82) is 0 Å². The Balaban J connectivity index is 1.39. The van der Waals surface area contributed by atoms with E-state index in [-0.39, 0.29) is 0 Å². The van der Waals surface area contributed by atoms with E-state index >= 15 is 0 Å². The number of benzene rings is 3. The molecule has 1 aliphatic rings. The average Bonchev–Trinajstić information content (AvgIpc) is 3.12. The summed E-state index contributed by atoms with van der Waals surface area (Å²) in [4.78, 5) is 0. The topological polar surface area (TPSA) is 57.2 Å². The van der Waals surface area contributed by atoms with E-state index in [1.54, 1.807) is 0 Å². The molecule has 1 heterocycles. The van der Waals surface area contributed by atoms with Gasteiger partial charge in [-0.15, -0.1) is 0 Å². The first-order chi connectivity index (χ1) is 15.3. The lowest BCUT2D eigenvalue weighted by molar-refractivity contribution is -0.153. The van der Waals surface area contributed by atoms with Gasteiger partial charge in [-0.3, -0.25) is 0 Å². The molecule has 5 nitrogen and oxygen atoms in total. The van der Waals surface area contributed by atoms with Gasteiger partial charge in [-0.1, -0.05) is 91.0 Å². The molecule has 162 valence electrons. The largest absolute Gasteiger partial charge is 0.374 e. The summed E-state index contributed by atoms with van der Waals surface area (Å²) in [7, 11) is 0. The SMILES string of the molecule is OC1O[C@H](COCc2ccccc2)[C@@H](OCc2ccccc2)[C@H]1OCc1ccccc1. The molecule has 4 atom stereocenters. The number of aliphatic hydroxyl groups is 1. The standard InChI is InChI=1S/C26H28O5/c27-26-25(30-18-22-14-8-3-9-15-22)24(29-17-21-12-6-2-7-13-21)23(31-26)19-28-16-20-10-4-1-5-11-20/h1-15,23-27H,16-19H2/t23-,24-,25-,26?/m1/s1. The van der Waals surface area contributed by atoms with Crippen LogP contribution in [-0.4, -0.2) is 36.3 Å². The molecule has 3 aromatic rings. The van der Waals surface area contributed by atoms with E-state index < -0.39 is 24.6 Å². The molecule has 0 radical (unpaired) electrons. The monoisotopic (exact) mass is 420 g/mol. The van der Waals surface area contributed by atoms with Crippen molar-refractivity contribution in [3.63, 3.8) is 0 Å². The molecule has 5 heteroatoms. The fraction of sp³-hybridized carbons (Fsp3) is 0.308. The van der Waals surface area contributed by atoms with Crippen LogP contribution in [0.4, 0.5) is 0 Å². The lowest BCUT2D eigenvalue weighted by Crippen LogP contribution is -2.39. The number of hydrogen-bond acceptors (Lipinski definition) is 5. The van der Waals surface area contributed by atoms with Crippen molar-refractivity contribution in [2.45, 2.75) is 44.4 Å². The van der Waals surface area contributed by atoms with Crippen molar-refractivity contribution in [3.05, 3.63) is 108 Å². The summed E-state index contributed by atoms with van der Waals surface area (Å²) in [6, 6.07) is 29.8. The first-order valence-corrected chi connectivity index (χ1v) is 10.6. The molecule has 1 N–H and O–H groups in total. The second-order valence-corrected chi connectivity index (χ2v) is 7.59. The van der Waals surface area contributed by atoms with E-state index in [0.29, 0.717) is 26.4 Å². The van der Waals surface area contributed by atoms with Crippen molar-refractivity contribution < 1.29 is 24.1 Å². The molecular formula is C26H28O5. The molecule has 1 unspecified atom stereocenters. The van der Waals surface area contributed by atoms with Crippen LogP contribution in [0.25, 0.3) is 0 Å². The van der Waals surface area contributed by atoms with Gasteiger partial charge in [-0.25, -0.2) is 0 Å². The summed E-state index contributed by atoms with van der Waals surface area (Å²) >= 11 is 0. The molecule has 31 heavy (non-hydrogen) atoms. The average molecular weight is 421 g/mol. The van der Waals surface area contributed by atoms with Crippen LogP contribution in [0.5, 0.6) is 0 Å². The molecule has 0 saturated carbocycles. The minimum atomic E-state index is -1.07. The molecule has 0 spiro atoms. The fourth-order valence-electron chi connectivity index (χ4n) is 3.62. The normalized spacial score (nSPS) is 23.1. The van der Waals surface area contributed by atoms with Crippen molar-refractivity contribution in [3.8, 4) is 0 Å². The highest BCUT2D eigenvalue weighted by atomic mass is 16.7. The second-order valence-electron chi connectivity index (χ2n) is 7.59. The van der Waals surface area contributed by atoms with E-state index in [9.17, 15) is 5.11 Å². The van der Waals surface area contributed by atoms with Crippen molar-refractivity contribution >= 4 is 0 Å². The van der Waals surface area contributed by atoms with E-state index in [2.05, 4.69) is 0 Å². The van der Waals surface area contributed by atoms with E-state index in [0.717, 1.165) is 16.7 Å².